The van der Waals surface area contributed by atoms with Crippen LogP contribution in [-0.2, 0) is 32.3 Å². The first kappa shape index (κ1) is 20.6. The SMILES string of the molecule is CNS(=O)(=O)Cc1ccc(CNS(=O)(=O)c2c(C)cc(C)cc2C)cc1. The molecule has 0 atom stereocenters. The molecule has 0 radical (unpaired) electrons. The Bertz CT molecular complexity index is 973. The van der Waals surface area contributed by atoms with E-state index < -0.39 is 20.0 Å². The van der Waals surface area contributed by atoms with Gasteiger partial charge in [0.1, 0.15) is 0 Å². The molecule has 6 nitrogen and oxygen atoms in total. The third-order valence-electron chi connectivity index (χ3n) is 4.03. The fourth-order valence-electron chi connectivity index (χ4n) is 2.89. The smallest absolute Gasteiger partial charge is 0.218 e. The van der Waals surface area contributed by atoms with Gasteiger partial charge in [-0.25, -0.2) is 26.3 Å². The third-order valence-corrected chi connectivity index (χ3v) is 7.07. The minimum absolute atomic E-state index is 0.114. The lowest BCUT2D eigenvalue weighted by molar-refractivity contribution is 0.579. The average molecular weight is 397 g/mol. The summed E-state index contributed by atoms with van der Waals surface area (Å²) in [7, 11) is -5.60. The molecule has 0 aliphatic carbocycles. The van der Waals surface area contributed by atoms with Gasteiger partial charge in [-0.3, -0.25) is 0 Å². The van der Waals surface area contributed by atoms with Gasteiger partial charge in [0.2, 0.25) is 20.0 Å². The van der Waals surface area contributed by atoms with Crippen molar-refractivity contribution in [3.05, 3.63) is 64.2 Å². The Kier molecular flexibility index (Phi) is 6.23. The zero-order valence-corrected chi connectivity index (χ0v) is 17.0. The molecule has 0 spiro atoms. The van der Waals surface area contributed by atoms with Crippen molar-refractivity contribution in [1.29, 1.82) is 0 Å². The summed E-state index contributed by atoms with van der Waals surface area (Å²) in [6, 6.07) is 10.5. The maximum Gasteiger partial charge on any atom is 0.241 e. The topological polar surface area (TPSA) is 92.3 Å². The van der Waals surface area contributed by atoms with Crippen LogP contribution in [0.1, 0.15) is 27.8 Å². The monoisotopic (exact) mass is 396 g/mol. The summed E-state index contributed by atoms with van der Waals surface area (Å²) in [5.41, 5.74) is 3.83. The summed E-state index contributed by atoms with van der Waals surface area (Å²) < 4.78 is 53.3. The lowest BCUT2D eigenvalue weighted by atomic mass is 10.1. The van der Waals surface area contributed by atoms with E-state index in [0.717, 1.165) is 11.1 Å². The van der Waals surface area contributed by atoms with Crippen LogP contribution in [0, 0.1) is 20.8 Å². The van der Waals surface area contributed by atoms with Crippen molar-refractivity contribution in [3.63, 3.8) is 0 Å². The van der Waals surface area contributed by atoms with Crippen LogP contribution in [0.5, 0.6) is 0 Å². The van der Waals surface area contributed by atoms with Crippen molar-refractivity contribution in [3.8, 4) is 0 Å². The van der Waals surface area contributed by atoms with Gasteiger partial charge in [-0.2, -0.15) is 0 Å². The Morgan fingerprint density at radius 2 is 1.35 bits per heavy atom. The fraction of sp³-hybridized carbons (Fsp3) is 0.333. The van der Waals surface area contributed by atoms with Crippen molar-refractivity contribution >= 4 is 20.0 Å². The lowest BCUT2D eigenvalue weighted by Gasteiger charge is -2.13. The molecule has 0 heterocycles. The molecule has 0 aliphatic rings. The summed E-state index contributed by atoms with van der Waals surface area (Å²) in [4.78, 5) is 0.305. The molecule has 26 heavy (non-hydrogen) atoms. The summed E-state index contributed by atoms with van der Waals surface area (Å²) in [6.07, 6.45) is 0. The first-order valence-corrected chi connectivity index (χ1v) is 11.2. The molecule has 2 rings (SSSR count). The second kappa shape index (κ2) is 7.87. The predicted octanol–water partition coefficient (Wildman–Crippen LogP) is 2.14. The van der Waals surface area contributed by atoms with Gasteiger partial charge in [0, 0.05) is 6.54 Å². The zero-order valence-electron chi connectivity index (χ0n) is 15.3. The number of sulfonamides is 2. The molecule has 2 aromatic rings. The number of aryl methyl sites for hydroxylation is 3. The minimum atomic E-state index is -3.64. The van der Waals surface area contributed by atoms with E-state index in [1.165, 1.54) is 7.05 Å². The van der Waals surface area contributed by atoms with Gasteiger partial charge in [0.15, 0.2) is 0 Å². The fourth-order valence-corrected chi connectivity index (χ4v) is 5.13. The minimum Gasteiger partial charge on any atom is -0.218 e. The largest absolute Gasteiger partial charge is 0.241 e. The van der Waals surface area contributed by atoms with Gasteiger partial charge in [0.05, 0.1) is 10.6 Å². The van der Waals surface area contributed by atoms with Crippen molar-refractivity contribution in [1.82, 2.24) is 9.44 Å². The standard InChI is InChI=1S/C18H24N2O4S2/c1-13-9-14(2)18(15(3)10-13)26(23,24)20-11-16-5-7-17(8-6-16)12-25(21,22)19-4/h5-10,19-20H,11-12H2,1-4H3. The van der Waals surface area contributed by atoms with Gasteiger partial charge < -0.3 is 0 Å². The van der Waals surface area contributed by atoms with E-state index in [0.29, 0.717) is 21.6 Å². The number of rotatable bonds is 7. The molecule has 0 saturated carbocycles. The van der Waals surface area contributed by atoms with Crippen LogP contribution in [0.4, 0.5) is 0 Å². The van der Waals surface area contributed by atoms with E-state index in [2.05, 4.69) is 9.44 Å². The number of hydrogen-bond acceptors (Lipinski definition) is 4. The van der Waals surface area contributed by atoms with Crippen molar-refractivity contribution in [2.75, 3.05) is 7.05 Å². The molecule has 2 aromatic carbocycles. The Labute approximate surface area is 155 Å². The van der Waals surface area contributed by atoms with Crippen LogP contribution in [0.25, 0.3) is 0 Å². The van der Waals surface area contributed by atoms with Crippen molar-refractivity contribution in [2.45, 2.75) is 38.0 Å². The van der Waals surface area contributed by atoms with Crippen molar-refractivity contribution in [2.24, 2.45) is 0 Å². The van der Waals surface area contributed by atoms with Gasteiger partial charge in [-0.15, -0.1) is 0 Å². The second-order valence-electron chi connectivity index (χ2n) is 6.33. The summed E-state index contributed by atoms with van der Waals surface area (Å²) in [6.45, 7) is 5.63. The molecule has 0 aromatic heterocycles. The summed E-state index contributed by atoms with van der Waals surface area (Å²) >= 11 is 0. The van der Waals surface area contributed by atoms with Crippen molar-refractivity contribution < 1.29 is 16.8 Å². The number of hydrogen-bond donors (Lipinski definition) is 2. The molecule has 0 aliphatic heterocycles. The lowest BCUT2D eigenvalue weighted by Crippen LogP contribution is -2.25. The van der Waals surface area contributed by atoms with Gasteiger partial charge in [0.25, 0.3) is 0 Å². The summed E-state index contributed by atoms with van der Waals surface area (Å²) in [5, 5.41) is 0. The molecule has 0 bridgehead atoms. The molecular formula is C18H24N2O4S2. The van der Waals surface area contributed by atoms with E-state index >= 15 is 0 Å². The van der Waals surface area contributed by atoms with E-state index in [1.807, 2.05) is 19.1 Å². The predicted molar refractivity (Wildman–Crippen MR) is 103 cm³/mol. The summed E-state index contributed by atoms with van der Waals surface area (Å²) in [5.74, 6) is -0.114. The maximum atomic E-state index is 12.7. The average Bonchev–Trinajstić information content (AvgIpc) is 2.52. The first-order valence-electron chi connectivity index (χ1n) is 8.10. The highest BCUT2D eigenvalue weighted by Crippen LogP contribution is 2.21. The van der Waals surface area contributed by atoms with E-state index in [4.69, 9.17) is 0 Å². The van der Waals surface area contributed by atoms with Crippen LogP contribution in [-0.4, -0.2) is 23.9 Å². The van der Waals surface area contributed by atoms with Gasteiger partial charge in [-0.1, -0.05) is 42.0 Å². The molecule has 0 unspecified atom stereocenters. The van der Waals surface area contributed by atoms with Gasteiger partial charge >= 0.3 is 0 Å². The number of benzene rings is 2. The van der Waals surface area contributed by atoms with Crippen LogP contribution < -0.4 is 9.44 Å². The maximum absolute atomic E-state index is 12.7. The van der Waals surface area contributed by atoms with E-state index in [1.54, 1.807) is 38.1 Å². The molecule has 2 N–H and O–H groups in total. The molecular weight excluding hydrogens is 372 g/mol. The Morgan fingerprint density at radius 1 is 0.846 bits per heavy atom. The van der Waals surface area contributed by atoms with Crippen LogP contribution >= 0.6 is 0 Å². The molecule has 0 amide bonds. The molecule has 8 heteroatoms. The van der Waals surface area contributed by atoms with Crippen LogP contribution in [0.2, 0.25) is 0 Å². The quantitative estimate of drug-likeness (QED) is 0.750. The Hall–Kier alpha value is -1.74. The third kappa shape index (κ3) is 5.14. The Morgan fingerprint density at radius 3 is 1.85 bits per heavy atom. The van der Waals surface area contributed by atoms with Gasteiger partial charge in [-0.05, 0) is 50.1 Å². The Balaban J connectivity index is 2.13. The highest BCUT2D eigenvalue weighted by atomic mass is 32.2. The number of nitrogens with one attached hydrogen (secondary N) is 2. The molecule has 0 fully saturated rings. The first-order chi connectivity index (χ1) is 12.0. The van der Waals surface area contributed by atoms with Crippen LogP contribution in [0.3, 0.4) is 0 Å². The molecule has 0 saturated heterocycles. The van der Waals surface area contributed by atoms with Crippen LogP contribution in [0.15, 0.2) is 41.3 Å². The normalized spacial score (nSPS) is 12.3. The second-order valence-corrected chi connectivity index (χ2v) is 9.96. The van der Waals surface area contributed by atoms with E-state index in [-0.39, 0.29) is 12.3 Å². The highest BCUT2D eigenvalue weighted by Gasteiger charge is 2.19. The highest BCUT2D eigenvalue weighted by molar-refractivity contribution is 7.89. The van der Waals surface area contributed by atoms with E-state index in [9.17, 15) is 16.8 Å². The zero-order chi connectivity index (χ0) is 19.5. The molecule has 142 valence electrons.